The highest BCUT2D eigenvalue weighted by molar-refractivity contribution is 5.43. The van der Waals surface area contributed by atoms with E-state index in [1.807, 2.05) is 0 Å². The van der Waals surface area contributed by atoms with Gasteiger partial charge in [-0.15, -0.1) is 13.2 Å². The quantitative estimate of drug-likeness (QED) is 0.812. The average Bonchev–Trinajstić information content (AvgIpc) is 3.02. The number of alkyl halides is 3. The van der Waals surface area contributed by atoms with E-state index in [-0.39, 0.29) is 11.3 Å². The average molecular weight is 241 g/mol. The van der Waals surface area contributed by atoms with Crippen LogP contribution in [0.5, 0.6) is 5.75 Å². The van der Waals surface area contributed by atoms with Crippen molar-refractivity contribution in [2.45, 2.75) is 25.6 Å². The minimum atomic E-state index is -4.72. The molecule has 0 atom stereocenters. The monoisotopic (exact) mass is 241 g/mol. The van der Waals surface area contributed by atoms with E-state index in [2.05, 4.69) is 4.74 Å². The van der Waals surface area contributed by atoms with E-state index in [9.17, 15) is 13.2 Å². The van der Waals surface area contributed by atoms with Gasteiger partial charge in [0.15, 0.2) is 0 Å². The lowest BCUT2D eigenvalue weighted by Crippen LogP contribution is -2.18. The molecule has 0 bridgehead atoms. The minimum absolute atomic E-state index is 0.170. The topological polar surface area (TPSA) is 33.0 Å². The Balaban J connectivity index is 2.26. The highest BCUT2D eigenvalue weighted by Gasteiger charge is 2.33. The first kappa shape index (κ1) is 11.8. The molecule has 1 aliphatic carbocycles. The Kier molecular flexibility index (Phi) is 2.97. The van der Waals surface area contributed by atoms with Gasteiger partial charge >= 0.3 is 6.36 Å². The Morgan fingerprint density at radius 3 is 2.59 bits per heavy atom. The van der Waals surface area contributed by atoms with Crippen molar-refractivity contribution >= 4 is 0 Å². The van der Waals surface area contributed by atoms with Crippen LogP contribution in [0.1, 0.15) is 24.0 Å². The number of hydrogen-bond donors (Lipinski definition) is 0. The lowest BCUT2D eigenvalue weighted by molar-refractivity contribution is -0.274. The molecule has 0 aliphatic heterocycles. The summed E-state index contributed by atoms with van der Waals surface area (Å²) in [4.78, 5) is 0. The summed E-state index contributed by atoms with van der Waals surface area (Å²) in [5, 5.41) is 8.66. The lowest BCUT2D eigenvalue weighted by Gasteiger charge is -2.13. The Morgan fingerprint density at radius 2 is 2.06 bits per heavy atom. The zero-order chi connectivity index (χ0) is 12.5. The van der Waals surface area contributed by atoms with Gasteiger partial charge < -0.3 is 4.74 Å². The number of nitrogens with zero attached hydrogens (tertiary/aromatic N) is 1. The van der Waals surface area contributed by atoms with E-state index in [4.69, 9.17) is 5.26 Å². The Labute approximate surface area is 96.6 Å². The fourth-order valence-electron chi connectivity index (χ4n) is 1.65. The number of rotatable bonds is 3. The predicted molar refractivity (Wildman–Crippen MR) is 54.3 cm³/mol. The molecule has 0 radical (unpaired) electrons. The second-order valence-electron chi connectivity index (χ2n) is 4.13. The molecule has 0 saturated heterocycles. The van der Waals surface area contributed by atoms with Crippen LogP contribution in [0.25, 0.3) is 0 Å². The molecule has 0 unspecified atom stereocenters. The fourth-order valence-corrected chi connectivity index (χ4v) is 1.65. The Bertz CT molecular complexity index is 458. The number of nitriles is 1. The van der Waals surface area contributed by atoms with Crippen molar-refractivity contribution in [2.24, 2.45) is 5.92 Å². The smallest absolute Gasteiger partial charge is 0.405 e. The fraction of sp³-hybridized carbons (Fsp3) is 0.417. The molecule has 0 amide bonds. The second kappa shape index (κ2) is 4.28. The molecule has 2 nitrogen and oxygen atoms in total. The molecule has 1 aliphatic rings. The van der Waals surface area contributed by atoms with Crippen molar-refractivity contribution in [1.29, 1.82) is 5.26 Å². The maximum Gasteiger partial charge on any atom is 0.573 e. The molecule has 1 saturated carbocycles. The summed E-state index contributed by atoms with van der Waals surface area (Å²) in [6.45, 7) is 0. The summed E-state index contributed by atoms with van der Waals surface area (Å²) in [5.41, 5.74) is 0.688. The number of halogens is 3. The van der Waals surface area contributed by atoms with Gasteiger partial charge in [0.1, 0.15) is 5.75 Å². The molecule has 90 valence electrons. The third kappa shape index (κ3) is 3.38. The van der Waals surface area contributed by atoms with E-state index in [0.717, 1.165) is 18.9 Å². The summed E-state index contributed by atoms with van der Waals surface area (Å²) in [7, 11) is 0. The minimum Gasteiger partial charge on any atom is -0.405 e. The maximum atomic E-state index is 12.2. The van der Waals surface area contributed by atoms with Crippen molar-refractivity contribution < 1.29 is 17.9 Å². The molecule has 0 N–H and O–H groups in total. The molecule has 2 rings (SSSR count). The van der Waals surface area contributed by atoms with Crippen LogP contribution >= 0.6 is 0 Å². The number of hydrogen-bond acceptors (Lipinski definition) is 2. The van der Waals surface area contributed by atoms with Gasteiger partial charge in [-0.25, -0.2) is 0 Å². The third-order valence-electron chi connectivity index (χ3n) is 2.63. The van der Waals surface area contributed by atoms with Gasteiger partial charge in [-0.3, -0.25) is 0 Å². The number of benzene rings is 1. The summed E-state index contributed by atoms with van der Waals surface area (Å²) >= 11 is 0. The first-order valence-corrected chi connectivity index (χ1v) is 5.27. The summed E-state index contributed by atoms with van der Waals surface area (Å²) in [6, 6.07) is 6.00. The highest BCUT2D eigenvalue weighted by Crippen LogP contribution is 2.36. The van der Waals surface area contributed by atoms with E-state index in [1.165, 1.54) is 12.1 Å². The van der Waals surface area contributed by atoms with Gasteiger partial charge in [-0.2, -0.15) is 5.26 Å². The van der Waals surface area contributed by atoms with E-state index in [1.54, 1.807) is 6.07 Å². The maximum absolute atomic E-state index is 12.2. The molecule has 0 aromatic heterocycles. The van der Waals surface area contributed by atoms with Gasteiger partial charge in [-0.05, 0) is 42.9 Å². The molecule has 1 fully saturated rings. The van der Waals surface area contributed by atoms with Crippen LogP contribution in [-0.4, -0.2) is 6.36 Å². The van der Waals surface area contributed by atoms with Crippen molar-refractivity contribution in [3.63, 3.8) is 0 Å². The molecular formula is C12H10F3NO. The largest absolute Gasteiger partial charge is 0.573 e. The molecular weight excluding hydrogens is 231 g/mol. The Morgan fingerprint density at radius 1 is 1.35 bits per heavy atom. The van der Waals surface area contributed by atoms with E-state index < -0.39 is 6.36 Å². The van der Waals surface area contributed by atoms with Crippen molar-refractivity contribution in [2.75, 3.05) is 0 Å². The SMILES string of the molecule is N#Cc1ccc(CC2CC2)c(OC(F)(F)F)c1. The summed E-state index contributed by atoms with van der Waals surface area (Å²) in [6.07, 6.45) is -2.04. The van der Waals surface area contributed by atoms with Crippen molar-refractivity contribution in [1.82, 2.24) is 0 Å². The standard InChI is InChI=1S/C12H10F3NO/c13-12(14,15)17-11-6-9(7-16)3-4-10(11)5-8-1-2-8/h3-4,6,8H,1-2,5H2. The van der Waals surface area contributed by atoms with Crippen LogP contribution in [-0.2, 0) is 6.42 Å². The van der Waals surface area contributed by atoms with Crippen LogP contribution in [0, 0.1) is 17.2 Å². The van der Waals surface area contributed by atoms with Gasteiger partial charge in [0.2, 0.25) is 0 Å². The van der Waals surface area contributed by atoms with Gasteiger partial charge in [0, 0.05) is 0 Å². The van der Waals surface area contributed by atoms with Crippen molar-refractivity contribution in [3.8, 4) is 11.8 Å². The first-order chi connectivity index (χ1) is 7.98. The Hall–Kier alpha value is -1.70. The molecule has 1 aromatic carbocycles. The van der Waals surface area contributed by atoms with Gasteiger partial charge in [0.25, 0.3) is 0 Å². The van der Waals surface area contributed by atoms with Crippen molar-refractivity contribution in [3.05, 3.63) is 29.3 Å². The lowest BCUT2D eigenvalue weighted by atomic mass is 10.1. The van der Waals surface area contributed by atoms with E-state index in [0.29, 0.717) is 17.9 Å². The third-order valence-corrected chi connectivity index (χ3v) is 2.63. The van der Waals surface area contributed by atoms with Gasteiger partial charge in [0.05, 0.1) is 11.6 Å². The zero-order valence-electron chi connectivity index (χ0n) is 8.92. The summed E-state index contributed by atoms with van der Waals surface area (Å²) in [5.74, 6) is 0.210. The van der Waals surface area contributed by atoms with Crippen LogP contribution < -0.4 is 4.74 Å². The molecule has 17 heavy (non-hydrogen) atoms. The predicted octanol–water partition coefficient (Wildman–Crippen LogP) is 3.41. The highest BCUT2D eigenvalue weighted by atomic mass is 19.4. The van der Waals surface area contributed by atoms with E-state index >= 15 is 0 Å². The van der Waals surface area contributed by atoms with Crippen LogP contribution in [0.15, 0.2) is 18.2 Å². The van der Waals surface area contributed by atoms with Gasteiger partial charge in [-0.1, -0.05) is 6.07 Å². The molecule has 1 aromatic rings. The molecule has 0 spiro atoms. The molecule has 0 heterocycles. The van der Waals surface area contributed by atoms with Crippen LogP contribution in [0.2, 0.25) is 0 Å². The first-order valence-electron chi connectivity index (χ1n) is 5.27. The second-order valence-corrected chi connectivity index (χ2v) is 4.13. The summed E-state index contributed by atoms with van der Waals surface area (Å²) < 4.78 is 40.6. The number of ether oxygens (including phenoxy) is 1. The molecule has 5 heteroatoms. The zero-order valence-corrected chi connectivity index (χ0v) is 8.92. The van der Waals surface area contributed by atoms with Crippen LogP contribution in [0.4, 0.5) is 13.2 Å². The normalized spacial score (nSPS) is 15.4. The van der Waals surface area contributed by atoms with Crippen LogP contribution in [0.3, 0.4) is 0 Å².